The summed E-state index contributed by atoms with van der Waals surface area (Å²) >= 11 is 0. The molecule has 1 aromatic heterocycles. The van der Waals surface area contributed by atoms with Crippen molar-refractivity contribution in [1.82, 2.24) is 25.0 Å². The predicted molar refractivity (Wildman–Crippen MR) is 146 cm³/mol. The highest BCUT2D eigenvalue weighted by atomic mass is 16.1. The molecule has 0 radical (unpaired) electrons. The van der Waals surface area contributed by atoms with Gasteiger partial charge in [0.1, 0.15) is 5.82 Å². The van der Waals surface area contributed by atoms with Crippen molar-refractivity contribution in [2.75, 3.05) is 19.6 Å². The minimum absolute atomic E-state index is 0.0540. The lowest BCUT2D eigenvalue weighted by molar-refractivity contribution is 0.0928. The van der Waals surface area contributed by atoms with Crippen molar-refractivity contribution in [2.24, 2.45) is 5.92 Å². The van der Waals surface area contributed by atoms with Gasteiger partial charge in [-0.2, -0.15) is 0 Å². The lowest BCUT2D eigenvalue weighted by Gasteiger charge is -2.22. The number of aryl methyl sites for hydroxylation is 2. The van der Waals surface area contributed by atoms with Gasteiger partial charge >= 0.3 is 0 Å². The maximum atomic E-state index is 13.2. The van der Waals surface area contributed by atoms with E-state index in [4.69, 9.17) is 0 Å². The third-order valence-corrected chi connectivity index (χ3v) is 6.64. The highest BCUT2D eigenvalue weighted by Gasteiger charge is 2.26. The van der Waals surface area contributed by atoms with E-state index in [1.165, 1.54) is 11.1 Å². The van der Waals surface area contributed by atoms with Gasteiger partial charge in [0.25, 0.3) is 5.91 Å². The van der Waals surface area contributed by atoms with Gasteiger partial charge in [0.15, 0.2) is 5.82 Å². The van der Waals surface area contributed by atoms with Gasteiger partial charge in [-0.05, 0) is 50.8 Å². The lowest BCUT2D eigenvalue weighted by atomic mass is 10.0. The largest absolute Gasteiger partial charge is 0.342 e. The second kappa shape index (κ2) is 11.7. The van der Waals surface area contributed by atoms with Crippen LogP contribution in [0.25, 0.3) is 6.08 Å². The molecular weight excluding hydrogens is 446 g/mol. The van der Waals surface area contributed by atoms with Gasteiger partial charge in [-0.1, -0.05) is 73.0 Å². The van der Waals surface area contributed by atoms with Gasteiger partial charge in [0.2, 0.25) is 0 Å². The molecule has 0 fully saturated rings. The molecule has 190 valence electrons. The van der Waals surface area contributed by atoms with Crippen LogP contribution in [0.2, 0.25) is 0 Å². The van der Waals surface area contributed by atoms with Crippen LogP contribution in [0, 0.1) is 19.8 Å². The normalized spacial score (nSPS) is 15.4. The summed E-state index contributed by atoms with van der Waals surface area (Å²) in [7, 11) is 0. The fraction of sp³-hybridized carbons (Fsp3) is 0.433. The topological polar surface area (TPSA) is 63.1 Å². The van der Waals surface area contributed by atoms with Crippen LogP contribution in [-0.4, -0.2) is 45.2 Å². The Morgan fingerprint density at radius 3 is 2.44 bits per heavy atom. The van der Waals surface area contributed by atoms with Crippen LogP contribution in [0.4, 0.5) is 0 Å². The number of fused-ring (bicyclic) bond motifs is 1. The minimum Gasteiger partial charge on any atom is -0.342 e. The highest BCUT2D eigenvalue weighted by Crippen LogP contribution is 2.23. The number of amides is 1. The summed E-state index contributed by atoms with van der Waals surface area (Å²) in [6.45, 7) is 14.2. The molecule has 6 nitrogen and oxygen atoms in total. The molecule has 3 aromatic rings. The molecule has 1 atom stereocenters. The monoisotopic (exact) mass is 485 g/mol. The molecular formula is C30H39N5O. The number of carbonyl (C=O) groups excluding carboxylic acids is 1. The molecule has 6 heteroatoms. The first-order valence-electron chi connectivity index (χ1n) is 13.0. The summed E-state index contributed by atoms with van der Waals surface area (Å²) < 4.78 is 2.24. The third-order valence-electron chi connectivity index (χ3n) is 6.64. The number of rotatable bonds is 8. The molecule has 2 heterocycles. The minimum atomic E-state index is -0.175. The van der Waals surface area contributed by atoms with Crippen LogP contribution >= 0.6 is 0 Å². The van der Waals surface area contributed by atoms with E-state index in [2.05, 4.69) is 82.2 Å². The number of nitrogens with zero attached hydrogens (tertiary/aromatic N) is 4. The Balaban J connectivity index is 1.48. The van der Waals surface area contributed by atoms with Crippen molar-refractivity contribution in [3.63, 3.8) is 0 Å². The van der Waals surface area contributed by atoms with E-state index in [9.17, 15) is 4.79 Å². The van der Waals surface area contributed by atoms with E-state index in [0.717, 1.165) is 61.8 Å². The zero-order valence-electron chi connectivity index (χ0n) is 22.3. The number of nitrogens with one attached hydrogen (secondary N) is 1. The Labute approximate surface area is 215 Å². The maximum absolute atomic E-state index is 13.2. The van der Waals surface area contributed by atoms with Crippen molar-refractivity contribution in [2.45, 2.75) is 60.0 Å². The molecule has 0 saturated heterocycles. The van der Waals surface area contributed by atoms with Gasteiger partial charge < -0.3 is 9.88 Å². The molecule has 1 amide bonds. The molecule has 1 N–H and O–H groups in total. The summed E-state index contributed by atoms with van der Waals surface area (Å²) in [6, 6.07) is 16.3. The maximum Gasteiger partial charge on any atom is 0.251 e. The molecule has 36 heavy (non-hydrogen) atoms. The SMILES string of the molecule is C/C(=C\c1ccccc1)CN1CCc2nnc([C@@H](CC(C)C)NC(=O)c3cc(C)cc(C)c3)n2CC1. The van der Waals surface area contributed by atoms with Crippen molar-refractivity contribution in [3.8, 4) is 0 Å². The number of aromatic nitrogens is 3. The Bertz CT molecular complexity index is 1190. The molecule has 1 aliphatic heterocycles. The van der Waals surface area contributed by atoms with Crippen LogP contribution in [-0.2, 0) is 13.0 Å². The summed E-state index contributed by atoms with van der Waals surface area (Å²) in [4.78, 5) is 15.7. The molecule has 0 unspecified atom stereocenters. The van der Waals surface area contributed by atoms with Crippen molar-refractivity contribution >= 4 is 12.0 Å². The van der Waals surface area contributed by atoms with E-state index in [1.807, 2.05) is 32.0 Å². The van der Waals surface area contributed by atoms with Crippen LogP contribution in [0.15, 0.2) is 54.1 Å². The zero-order chi connectivity index (χ0) is 25.7. The molecule has 0 bridgehead atoms. The highest BCUT2D eigenvalue weighted by molar-refractivity contribution is 5.94. The van der Waals surface area contributed by atoms with Gasteiger partial charge in [-0.3, -0.25) is 9.69 Å². The zero-order valence-corrected chi connectivity index (χ0v) is 22.3. The standard InChI is InChI=1S/C30H39N5O/c1-21(2)15-27(31-30(36)26-18-22(3)16-23(4)19-26)29-33-32-28-11-12-34(13-14-35(28)29)20-24(5)17-25-9-7-6-8-10-25/h6-10,16-19,21,27H,11-15,20H2,1-5H3,(H,31,36)/b24-17+/t27-/m1/s1. The van der Waals surface area contributed by atoms with E-state index < -0.39 is 0 Å². The predicted octanol–water partition coefficient (Wildman–Crippen LogP) is 5.37. The van der Waals surface area contributed by atoms with E-state index in [-0.39, 0.29) is 11.9 Å². The molecule has 0 aliphatic carbocycles. The number of hydrogen-bond acceptors (Lipinski definition) is 4. The Morgan fingerprint density at radius 1 is 1.03 bits per heavy atom. The van der Waals surface area contributed by atoms with Gasteiger partial charge in [0, 0.05) is 38.2 Å². The van der Waals surface area contributed by atoms with Crippen molar-refractivity contribution in [3.05, 3.63) is 88.0 Å². The van der Waals surface area contributed by atoms with Gasteiger partial charge in [0.05, 0.1) is 6.04 Å². The van der Waals surface area contributed by atoms with Crippen molar-refractivity contribution < 1.29 is 4.79 Å². The molecule has 4 rings (SSSR count). The lowest BCUT2D eigenvalue weighted by Crippen LogP contribution is -2.33. The van der Waals surface area contributed by atoms with Gasteiger partial charge in [-0.25, -0.2) is 0 Å². The molecule has 0 saturated carbocycles. The second-order valence-electron chi connectivity index (χ2n) is 10.6. The van der Waals surface area contributed by atoms with Crippen molar-refractivity contribution in [1.29, 1.82) is 0 Å². The molecule has 2 aromatic carbocycles. The van der Waals surface area contributed by atoms with E-state index in [1.54, 1.807) is 0 Å². The first kappa shape index (κ1) is 25.8. The van der Waals surface area contributed by atoms with Crippen LogP contribution in [0.5, 0.6) is 0 Å². The quantitative estimate of drug-likeness (QED) is 0.466. The summed E-state index contributed by atoms with van der Waals surface area (Å²) in [6.07, 6.45) is 3.93. The van der Waals surface area contributed by atoms with Crippen LogP contribution in [0.1, 0.15) is 71.9 Å². The Kier molecular flexibility index (Phi) is 8.36. The fourth-order valence-corrected chi connectivity index (χ4v) is 5.08. The third kappa shape index (κ3) is 6.70. The Morgan fingerprint density at radius 2 is 1.75 bits per heavy atom. The number of hydrogen-bond donors (Lipinski definition) is 1. The van der Waals surface area contributed by atoms with Crippen LogP contribution in [0.3, 0.4) is 0 Å². The first-order valence-corrected chi connectivity index (χ1v) is 13.0. The smallest absolute Gasteiger partial charge is 0.251 e. The average molecular weight is 486 g/mol. The summed E-state index contributed by atoms with van der Waals surface area (Å²) in [5.74, 6) is 2.23. The average Bonchev–Trinajstić information content (AvgIpc) is 3.12. The summed E-state index contributed by atoms with van der Waals surface area (Å²) in [5, 5.41) is 12.4. The van der Waals surface area contributed by atoms with E-state index in [0.29, 0.717) is 11.5 Å². The number of carbonyl (C=O) groups is 1. The second-order valence-corrected chi connectivity index (χ2v) is 10.6. The number of benzene rings is 2. The van der Waals surface area contributed by atoms with Crippen LogP contribution < -0.4 is 5.32 Å². The Hall–Kier alpha value is -3.25. The van der Waals surface area contributed by atoms with Gasteiger partial charge in [-0.15, -0.1) is 10.2 Å². The summed E-state index contributed by atoms with van der Waals surface area (Å²) in [5.41, 5.74) is 5.46. The molecule has 0 spiro atoms. The fourth-order valence-electron chi connectivity index (χ4n) is 5.08. The first-order chi connectivity index (χ1) is 17.3. The molecule has 1 aliphatic rings. The van der Waals surface area contributed by atoms with E-state index >= 15 is 0 Å².